The standard InChI is InChI=1S/C26H24F3N3O3/c1-35-21-9-7-18(8-10-21)25(34)32-15-22(19-5-2-6-20(12-19)26(27,28)29)23(16-32)24(33)31-14-17-4-3-11-30-13-17/h2-13,22-23H,14-16H2,1H3,(H,31,33). The maximum absolute atomic E-state index is 13.3. The molecular weight excluding hydrogens is 459 g/mol. The van der Waals surface area contributed by atoms with Crippen LogP contribution in [0.1, 0.15) is 33.0 Å². The smallest absolute Gasteiger partial charge is 0.416 e. The maximum atomic E-state index is 13.3. The summed E-state index contributed by atoms with van der Waals surface area (Å²) in [6, 6.07) is 15.1. The molecule has 1 saturated heterocycles. The van der Waals surface area contributed by atoms with Crippen molar-refractivity contribution >= 4 is 11.8 Å². The lowest BCUT2D eigenvalue weighted by Crippen LogP contribution is -2.35. The Morgan fingerprint density at radius 2 is 1.86 bits per heavy atom. The van der Waals surface area contributed by atoms with E-state index in [1.165, 1.54) is 18.1 Å². The second-order valence-electron chi connectivity index (χ2n) is 8.35. The van der Waals surface area contributed by atoms with Gasteiger partial charge in [-0.05, 0) is 47.5 Å². The third-order valence-electron chi connectivity index (χ3n) is 6.11. The number of pyridine rings is 1. The Kier molecular flexibility index (Phi) is 7.04. The Hall–Kier alpha value is -3.88. The van der Waals surface area contributed by atoms with Crippen LogP contribution in [0.2, 0.25) is 0 Å². The number of nitrogens with one attached hydrogen (secondary N) is 1. The van der Waals surface area contributed by atoms with E-state index >= 15 is 0 Å². The van der Waals surface area contributed by atoms with Crippen LogP contribution < -0.4 is 10.1 Å². The van der Waals surface area contributed by atoms with Crippen molar-refractivity contribution in [2.45, 2.75) is 18.6 Å². The van der Waals surface area contributed by atoms with E-state index in [4.69, 9.17) is 4.74 Å². The molecule has 0 saturated carbocycles. The molecule has 0 bridgehead atoms. The van der Waals surface area contributed by atoms with E-state index in [0.717, 1.165) is 17.7 Å². The number of carbonyl (C=O) groups is 2. The van der Waals surface area contributed by atoms with E-state index in [-0.39, 0.29) is 31.4 Å². The van der Waals surface area contributed by atoms with Gasteiger partial charge >= 0.3 is 6.18 Å². The van der Waals surface area contributed by atoms with Gasteiger partial charge in [0.2, 0.25) is 5.91 Å². The average Bonchev–Trinajstić information content (AvgIpc) is 3.33. The summed E-state index contributed by atoms with van der Waals surface area (Å²) in [7, 11) is 1.52. The molecule has 2 atom stereocenters. The lowest BCUT2D eigenvalue weighted by molar-refractivity contribution is -0.137. The molecule has 4 rings (SSSR count). The Labute approximate surface area is 200 Å². The van der Waals surface area contributed by atoms with Crippen molar-refractivity contribution in [3.63, 3.8) is 0 Å². The molecule has 6 nitrogen and oxygen atoms in total. The van der Waals surface area contributed by atoms with Gasteiger partial charge in [-0.3, -0.25) is 14.6 Å². The van der Waals surface area contributed by atoms with Crippen LogP contribution in [0.4, 0.5) is 13.2 Å². The minimum absolute atomic E-state index is 0.0879. The van der Waals surface area contributed by atoms with E-state index in [1.807, 2.05) is 6.07 Å². The molecule has 0 spiro atoms. The first kappa shape index (κ1) is 24.3. The molecule has 9 heteroatoms. The first-order chi connectivity index (χ1) is 16.8. The van der Waals surface area contributed by atoms with E-state index in [2.05, 4.69) is 10.3 Å². The molecule has 0 aliphatic carbocycles. The highest BCUT2D eigenvalue weighted by Crippen LogP contribution is 2.37. The SMILES string of the molecule is COc1ccc(C(=O)N2CC(C(=O)NCc3cccnc3)C(c3cccc(C(F)(F)F)c3)C2)cc1. The second-order valence-corrected chi connectivity index (χ2v) is 8.35. The van der Waals surface area contributed by atoms with Gasteiger partial charge in [-0.25, -0.2) is 0 Å². The van der Waals surface area contributed by atoms with Gasteiger partial charge in [-0.2, -0.15) is 13.2 Å². The number of ether oxygens (including phenoxy) is 1. The molecule has 35 heavy (non-hydrogen) atoms. The summed E-state index contributed by atoms with van der Waals surface area (Å²) >= 11 is 0. The van der Waals surface area contributed by atoms with Crippen LogP contribution in [0, 0.1) is 5.92 Å². The Balaban J connectivity index is 1.59. The minimum Gasteiger partial charge on any atom is -0.497 e. The number of benzene rings is 2. The predicted octanol–water partition coefficient (Wildman–Crippen LogP) is 4.28. The number of amides is 2. The highest BCUT2D eigenvalue weighted by atomic mass is 19.4. The fourth-order valence-electron chi connectivity index (χ4n) is 4.26. The third-order valence-corrected chi connectivity index (χ3v) is 6.11. The molecule has 2 aromatic carbocycles. The summed E-state index contributed by atoms with van der Waals surface area (Å²) in [5.74, 6) is -1.34. The van der Waals surface area contributed by atoms with Crippen molar-refractivity contribution in [2.75, 3.05) is 20.2 Å². The van der Waals surface area contributed by atoms with Gasteiger partial charge in [0.1, 0.15) is 5.75 Å². The number of aromatic nitrogens is 1. The van der Waals surface area contributed by atoms with Crippen LogP contribution in [0.3, 0.4) is 0 Å². The lowest BCUT2D eigenvalue weighted by Gasteiger charge is -2.19. The molecule has 3 aromatic rings. The third kappa shape index (κ3) is 5.62. The van der Waals surface area contributed by atoms with E-state index < -0.39 is 23.6 Å². The van der Waals surface area contributed by atoms with Crippen LogP contribution in [-0.2, 0) is 17.5 Å². The monoisotopic (exact) mass is 483 g/mol. The van der Waals surface area contributed by atoms with Crippen molar-refractivity contribution in [1.29, 1.82) is 0 Å². The van der Waals surface area contributed by atoms with E-state index in [0.29, 0.717) is 16.9 Å². The quantitative estimate of drug-likeness (QED) is 0.568. The van der Waals surface area contributed by atoms with Crippen LogP contribution in [0.25, 0.3) is 0 Å². The first-order valence-corrected chi connectivity index (χ1v) is 11.0. The van der Waals surface area contributed by atoms with E-state index in [1.54, 1.807) is 48.8 Å². The summed E-state index contributed by atoms with van der Waals surface area (Å²) in [6.07, 6.45) is -1.27. The number of hydrogen-bond donors (Lipinski definition) is 1. The van der Waals surface area contributed by atoms with Gasteiger partial charge in [0, 0.05) is 43.5 Å². The van der Waals surface area contributed by atoms with Crippen molar-refractivity contribution in [2.24, 2.45) is 5.92 Å². The molecule has 1 fully saturated rings. The van der Waals surface area contributed by atoms with Gasteiger partial charge in [-0.1, -0.05) is 24.3 Å². The van der Waals surface area contributed by atoms with E-state index in [9.17, 15) is 22.8 Å². The van der Waals surface area contributed by atoms with Gasteiger partial charge in [0.15, 0.2) is 0 Å². The largest absolute Gasteiger partial charge is 0.497 e. The average molecular weight is 483 g/mol. The van der Waals surface area contributed by atoms with Crippen LogP contribution >= 0.6 is 0 Å². The number of halogens is 3. The van der Waals surface area contributed by atoms with Gasteiger partial charge < -0.3 is 15.0 Å². The van der Waals surface area contributed by atoms with Gasteiger partial charge in [-0.15, -0.1) is 0 Å². The van der Waals surface area contributed by atoms with Crippen molar-refractivity contribution < 1.29 is 27.5 Å². The Morgan fingerprint density at radius 3 is 2.51 bits per heavy atom. The zero-order valence-electron chi connectivity index (χ0n) is 19.0. The Bertz CT molecular complexity index is 1180. The lowest BCUT2D eigenvalue weighted by atomic mass is 9.87. The summed E-state index contributed by atoms with van der Waals surface area (Å²) in [4.78, 5) is 31.9. The predicted molar refractivity (Wildman–Crippen MR) is 123 cm³/mol. The maximum Gasteiger partial charge on any atom is 0.416 e. The molecule has 1 N–H and O–H groups in total. The molecule has 2 amide bonds. The minimum atomic E-state index is -4.51. The topological polar surface area (TPSA) is 71.5 Å². The fraction of sp³-hybridized carbons (Fsp3) is 0.269. The summed E-state index contributed by atoms with van der Waals surface area (Å²) in [6.45, 7) is 0.437. The fourth-order valence-corrected chi connectivity index (χ4v) is 4.26. The second kappa shape index (κ2) is 10.2. The molecule has 1 aromatic heterocycles. The highest BCUT2D eigenvalue weighted by molar-refractivity contribution is 5.95. The number of likely N-dealkylation sites (tertiary alicyclic amines) is 1. The molecule has 2 heterocycles. The normalized spacial score (nSPS) is 17.8. The molecule has 2 unspecified atom stereocenters. The molecule has 0 radical (unpaired) electrons. The number of rotatable bonds is 6. The summed E-state index contributed by atoms with van der Waals surface area (Å²) in [5, 5.41) is 2.84. The summed E-state index contributed by atoms with van der Waals surface area (Å²) in [5.41, 5.74) is 0.779. The molecule has 1 aliphatic heterocycles. The molecular formula is C26H24F3N3O3. The summed E-state index contributed by atoms with van der Waals surface area (Å²) < 4.78 is 45.2. The number of nitrogens with zero attached hydrogens (tertiary/aromatic N) is 2. The van der Waals surface area contributed by atoms with Crippen molar-refractivity contribution in [3.05, 3.63) is 95.3 Å². The number of carbonyl (C=O) groups excluding carboxylic acids is 2. The van der Waals surface area contributed by atoms with Crippen LogP contribution in [-0.4, -0.2) is 41.9 Å². The number of alkyl halides is 3. The van der Waals surface area contributed by atoms with Crippen LogP contribution in [0.15, 0.2) is 73.1 Å². The highest BCUT2D eigenvalue weighted by Gasteiger charge is 2.41. The number of methoxy groups -OCH3 is 1. The van der Waals surface area contributed by atoms with Gasteiger partial charge in [0.25, 0.3) is 5.91 Å². The van der Waals surface area contributed by atoms with Crippen molar-refractivity contribution in [1.82, 2.24) is 15.2 Å². The number of hydrogen-bond acceptors (Lipinski definition) is 4. The van der Waals surface area contributed by atoms with Gasteiger partial charge in [0.05, 0.1) is 18.6 Å². The zero-order valence-corrected chi connectivity index (χ0v) is 19.0. The first-order valence-electron chi connectivity index (χ1n) is 11.0. The van der Waals surface area contributed by atoms with Crippen molar-refractivity contribution in [3.8, 4) is 5.75 Å². The molecule has 1 aliphatic rings. The molecule has 182 valence electrons. The van der Waals surface area contributed by atoms with Crippen LogP contribution in [0.5, 0.6) is 5.75 Å². The zero-order chi connectivity index (χ0) is 25.0. The Morgan fingerprint density at radius 1 is 1.09 bits per heavy atom.